The average molecular weight is 649 g/mol. The van der Waals surface area contributed by atoms with Crippen molar-refractivity contribution >= 4 is 53.1 Å². The number of β-lactam (4-membered cyclic amide) rings is 1. The van der Waals surface area contributed by atoms with E-state index in [0.29, 0.717) is 26.7 Å². The van der Waals surface area contributed by atoms with E-state index in [0.717, 1.165) is 27.6 Å². The number of halogens is 3. The second-order valence-electron chi connectivity index (χ2n) is 9.17. The zero-order chi connectivity index (χ0) is 30.7. The minimum absolute atomic E-state index is 0.0620. The molecule has 43 heavy (non-hydrogen) atoms. The molecule has 2 amide bonds. The monoisotopic (exact) mass is 648 g/mol. The number of ether oxygens (including phenoxy) is 2. The van der Waals surface area contributed by atoms with Gasteiger partial charge in [0.25, 0.3) is 5.91 Å². The molecule has 0 aromatic heterocycles. The van der Waals surface area contributed by atoms with Crippen LogP contribution in [0.3, 0.4) is 0 Å². The highest BCUT2D eigenvalue weighted by molar-refractivity contribution is 8.06. The fourth-order valence-electron chi connectivity index (χ4n) is 4.48. The number of nitrogens with zero attached hydrogens (tertiary/aromatic N) is 1. The Kier molecular flexibility index (Phi) is 9.18. The Labute approximate surface area is 257 Å². The molecule has 0 radical (unpaired) electrons. The van der Waals surface area contributed by atoms with Gasteiger partial charge < -0.3 is 19.9 Å². The third-order valence-corrected chi connectivity index (χ3v) is 10.0. The maximum absolute atomic E-state index is 13.1. The molecule has 0 aliphatic carbocycles. The Bertz CT molecular complexity index is 1570. The van der Waals surface area contributed by atoms with Crippen LogP contribution in [0.25, 0.3) is 11.1 Å². The van der Waals surface area contributed by atoms with Crippen LogP contribution >= 0.6 is 35.3 Å². The van der Waals surface area contributed by atoms with Gasteiger partial charge in [-0.25, -0.2) is 4.79 Å². The molecule has 1 saturated heterocycles. The summed E-state index contributed by atoms with van der Waals surface area (Å²) in [7, 11) is 1.56. The topological polar surface area (TPSA) is 105 Å². The highest BCUT2D eigenvalue weighted by atomic mass is 32.2. The van der Waals surface area contributed by atoms with Crippen molar-refractivity contribution in [2.75, 3.05) is 18.6 Å². The third kappa shape index (κ3) is 7.08. The molecule has 0 bridgehead atoms. The molecular formula is C29H23F3N2O6S3. The first-order chi connectivity index (χ1) is 20.5. The first kappa shape index (κ1) is 30.7. The van der Waals surface area contributed by atoms with Gasteiger partial charge in [0, 0.05) is 20.4 Å². The lowest BCUT2D eigenvalue weighted by Crippen LogP contribution is -2.70. The van der Waals surface area contributed by atoms with Gasteiger partial charge in [-0.15, -0.1) is 36.7 Å². The van der Waals surface area contributed by atoms with Crippen molar-refractivity contribution in [3.05, 3.63) is 83.4 Å². The summed E-state index contributed by atoms with van der Waals surface area (Å²) in [5.74, 6) is -1.69. The quantitative estimate of drug-likeness (QED) is 0.207. The van der Waals surface area contributed by atoms with Gasteiger partial charge in [-0.1, -0.05) is 42.1 Å². The third-order valence-electron chi connectivity index (χ3n) is 6.38. The van der Waals surface area contributed by atoms with Gasteiger partial charge in [-0.3, -0.25) is 14.5 Å². The Morgan fingerprint density at radius 3 is 2.42 bits per heavy atom. The van der Waals surface area contributed by atoms with Crippen LogP contribution in [0.2, 0.25) is 0 Å². The van der Waals surface area contributed by atoms with Gasteiger partial charge in [-0.05, 0) is 53.6 Å². The first-order valence-corrected chi connectivity index (χ1v) is 15.5. The summed E-state index contributed by atoms with van der Waals surface area (Å²) < 4.78 is 47.9. The van der Waals surface area contributed by atoms with Gasteiger partial charge in [0.1, 0.15) is 28.6 Å². The standard InChI is InChI=1S/C29H23F3N2O6S3/c1-39-17-7-10-19(11-8-17)41-15-23(35)33-24-26(36)34-25(28(37)38)22(14-42-27(24)34)43-21-12-9-18(40-29(30,31)32)13-20(21)16-5-3-2-4-6-16/h2-13,24,27H,14-15H2,1H3,(H,33,35)(H,37,38)/t24-,27+/m1/s1. The van der Waals surface area contributed by atoms with Crippen molar-refractivity contribution in [2.45, 2.75) is 27.6 Å². The molecule has 8 nitrogen and oxygen atoms in total. The molecule has 2 heterocycles. The predicted molar refractivity (Wildman–Crippen MR) is 158 cm³/mol. The van der Waals surface area contributed by atoms with Crippen LogP contribution in [0.4, 0.5) is 13.2 Å². The molecule has 5 rings (SSSR count). The lowest BCUT2D eigenvalue weighted by molar-refractivity contribution is -0.274. The normalized spacial score (nSPS) is 18.0. The van der Waals surface area contributed by atoms with Crippen LogP contribution in [0, 0.1) is 0 Å². The number of nitrogens with one attached hydrogen (secondary N) is 1. The maximum Gasteiger partial charge on any atom is 0.573 e. The largest absolute Gasteiger partial charge is 0.573 e. The predicted octanol–water partition coefficient (Wildman–Crippen LogP) is 5.84. The number of carbonyl (C=O) groups is 3. The highest BCUT2D eigenvalue weighted by Crippen LogP contribution is 2.47. The first-order valence-electron chi connectivity index (χ1n) is 12.6. The van der Waals surface area contributed by atoms with E-state index in [2.05, 4.69) is 10.1 Å². The number of thioether (sulfide) groups is 3. The second-order valence-corrected chi connectivity index (χ2v) is 12.5. The molecule has 3 aromatic rings. The molecular weight excluding hydrogens is 626 g/mol. The van der Waals surface area contributed by atoms with Crippen LogP contribution in [-0.4, -0.2) is 64.2 Å². The van der Waals surface area contributed by atoms with Gasteiger partial charge in [0.15, 0.2) is 0 Å². The van der Waals surface area contributed by atoms with Gasteiger partial charge >= 0.3 is 12.3 Å². The average Bonchev–Trinajstić information content (AvgIpc) is 2.99. The van der Waals surface area contributed by atoms with Gasteiger partial charge in [0.05, 0.1) is 12.9 Å². The van der Waals surface area contributed by atoms with Crippen molar-refractivity contribution in [3.8, 4) is 22.6 Å². The van der Waals surface area contributed by atoms with E-state index >= 15 is 0 Å². The zero-order valence-electron chi connectivity index (χ0n) is 22.3. The van der Waals surface area contributed by atoms with Crippen molar-refractivity contribution in [1.29, 1.82) is 0 Å². The van der Waals surface area contributed by atoms with Crippen molar-refractivity contribution in [1.82, 2.24) is 10.2 Å². The van der Waals surface area contributed by atoms with E-state index in [1.54, 1.807) is 49.6 Å². The SMILES string of the molecule is COc1ccc(SCC(=O)N[C@@H]2C(=O)N3C(C(=O)O)=C(Sc4ccc(OC(F)(F)F)cc4-c4ccccc4)CS[C@@H]23)cc1. The van der Waals surface area contributed by atoms with Gasteiger partial charge in [-0.2, -0.15) is 0 Å². The minimum atomic E-state index is -4.88. The highest BCUT2D eigenvalue weighted by Gasteiger charge is 2.54. The second kappa shape index (κ2) is 12.9. The summed E-state index contributed by atoms with van der Waals surface area (Å²) in [5, 5.41) is 12.2. The molecule has 3 aromatic carbocycles. The smallest absolute Gasteiger partial charge is 0.497 e. The van der Waals surface area contributed by atoms with E-state index in [-0.39, 0.29) is 23.1 Å². The number of hydrogen-bond acceptors (Lipinski definition) is 8. The van der Waals surface area contributed by atoms with E-state index in [9.17, 15) is 32.7 Å². The molecule has 0 unspecified atom stereocenters. The summed E-state index contributed by atoms with van der Waals surface area (Å²) in [4.78, 5) is 40.9. The van der Waals surface area contributed by atoms with Crippen molar-refractivity contribution in [3.63, 3.8) is 0 Å². The van der Waals surface area contributed by atoms with Crippen LogP contribution in [0.1, 0.15) is 0 Å². The minimum Gasteiger partial charge on any atom is -0.497 e. The van der Waals surface area contributed by atoms with Crippen LogP contribution in [-0.2, 0) is 14.4 Å². The summed E-state index contributed by atoms with van der Waals surface area (Å²) in [5.41, 5.74) is 0.796. The number of fused-ring (bicyclic) bond motifs is 1. The molecule has 0 spiro atoms. The van der Waals surface area contributed by atoms with E-state index in [4.69, 9.17) is 4.74 Å². The van der Waals surface area contributed by atoms with Gasteiger partial charge in [0.2, 0.25) is 5.91 Å². The Morgan fingerprint density at radius 2 is 1.77 bits per heavy atom. The van der Waals surface area contributed by atoms with E-state index in [1.807, 2.05) is 12.1 Å². The Hall–Kier alpha value is -3.75. The number of alkyl halides is 3. The number of hydrogen-bond donors (Lipinski definition) is 2. The molecule has 2 aliphatic heterocycles. The molecule has 14 heteroatoms. The maximum atomic E-state index is 13.1. The number of aliphatic carboxylic acids is 1. The molecule has 1 fully saturated rings. The molecule has 2 N–H and O–H groups in total. The summed E-state index contributed by atoms with van der Waals surface area (Å²) >= 11 is 3.65. The lowest BCUT2D eigenvalue weighted by Gasteiger charge is -2.49. The molecule has 224 valence electrons. The molecule has 0 saturated carbocycles. The fraction of sp³-hybridized carbons (Fsp3) is 0.207. The van der Waals surface area contributed by atoms with Crippen molar-refractivity contribution < 1.29 is 42.1 Å². The molecule has 2 aliphatic rings. The van der Waals surface area contributed by atoms with Crippen molar-refractivity contribution in [2.24, 2.45) is 0 Å². The number of methoxy groups -OCH3 is 1. The van der Waals surface area contributed by atoms with E-state index < -0.39 is 35.4 Å². The summed E-state index contributed by atoms with van der Waals surface area (Å²) in [6.45, 7) is 0. The fourth-order valence-corrected chi connectivity index (χ4v) is 7.79. The number of benzene rings is 3. The zero-order valence-corrected chi connectivity index (χ0v) is 24.7. The van der Waals surface area contributed by atoms with Crippen LogP contribution in [0.5, 0.6) is 11.5 Å². The van der Waals surface area contributed by atoms with E-state index in [1.165, 1.54) is 35.7 Å². The Balaban J connectivity index is 1.32. The summed E-state index contributed by atoms with van der Waals surface area (Å²) in [6, 6.07) is 18.8. The number of carbonyl (C=O) groups excluding carboxylic acids is 2. The number of rotatable bonds is 10. The number of carboxylic acid groups (broad SMARTS) is 1. The van der Waals surface area contributed by atoms with Crippen LogP contribution < -0.4 is 14.8 Å². The molecule has 2 atom stereocenters. The van der Waals surface area contributed by atoms with Crippen LogP contribution in [0.15, 0.2) is 93.2 Å². The number of amides is 2. The summed E-state index contributed by atoms with van der Waals surface area (Å²) in [6.07, 6.45) is -4.88. The Morgan fingerprint density at radius 1 is 1.07 bits per heavy atom. The lowest BCUT2D eigenvalue weighted by atomic mass is 10.1. The number of carboxylic acids is 1.